The molecule has 3 N–H and O–H groups in total. The minimum atomic E-state index is -1.48. The van der Waals surface area contributed by atoms with Crippen LogP contribution in [-0.4, -0.2) is 25.2 Å². The van der Waals surface area contributed by atoms with E-state index in [1.165, 1.54) is 13.8 Å². The number of halogens is 2. The summed E-state index contributed by atoms with van der Waals surface area (Å²) in [6.07, 6.45) is 1.78. The van der Waals surface area contributed by atoms with Crippen molar-refractivity contribution in [3.63, 3.8) is 0 Å². The lowest BCUT2D eigenvalue weighted by molar-refractivity contribution is -0.124. The van der Waals surface area contributed by atoms with Crippen LogP contribution in [0.2, 0.25) is 0 Å². The first kappa shape index (κ1) is 15.9. The molecule has 1 aromatic rings. The molecular weight excluding hydrogens is 278 g/mol. The molecule has 2 rings (SSSR count). The van der Waals surface area contributed by atoms with E-state index in [1.54, 1.807) is 0 Å². The van der Waals surface area contributed by atoms with Gasteiger partial charge in [-0.05, 0) is 44.4 Å². The van der Waals surface area contributed by atoms with E-state index in [4.69, 9.17) is 10.5 Å². The summed E-state index contributed by atoms with van der Waals surface area (Å²) in [5.74, 6) is -1.99. The minimum Gasteiger partial charge on any atom is -0.377 e. The Balaban J connectivity index is 2.28. The van der Waals surface area contributed by atoms with E-state index in [0.717, 1.165) is 25.0 Å². The molecule has 1 saturated heterocycles. The number of amides is 1. The molecule has 0 aromatic heterocycles. The molecule has 1 aliphatic heterocycles. The Hall–Kier alpha value is -1.53. The van der Waals surface area contributed by atoms with Crippen LogP contribution in [0.5, 0.6) is 0 Å². The van der Waals surface area contributed by atoms with Gasteiger partial charge >= 0.3 is 0 Å². The lowest BCUT2D eigenvalue weighted by Crippen LogP contribution is -2.53. The van der Waals surface area contributed by atoms with Crippen LogP contribution >= 0.6 is 0 Å². The highest BCUT2D eigenvalue weighted by atomic mass is 19.1. The molecule has 0 saturated carbocycles. The Morgan fingerprint density at radius 1 is 1.48 bits per heavy atom. The van der Waals surface area contributed by atoms with Crippen molar-refractivity contribution in [3.8, 4) is 0 Å². The van der Waals surface area contributed by atoms with Crippen molar-refractivity contribution in [2.24, 2.45) is 5.73 Å². The van der Waals surface area contributed by atoms with E-state index in [-0.39, 0.29) is 17.2 Å². The third-order valence-corrected chi connectivity index (χ3v) is 3.99. The number of hydrogen-bond donors (Lipinski definition) is 2. The van der Waals surface area contributed by atoms with Gasteiger partial charge in [0.1, 0.15) is 17.2 Å². The van der Waals surface area contributed by atoms with Gasteiger partial charge in [0.25, 0.3) is 0 Å². The summed E-state index contributed by atoms with van der Waals surface area (Å²) >= 11 is 0. The maximum Gasteiger partial charge on any atom is 0.242 e. The Morgan fingerprint density at radius 2 is 2.19 bits per heavy atom. The highest BCUT2D eigenvalue weighted by Crippen LogP contribution is 2.26. The van der Waals surface area contributed by atoms with Crippen molar-refractivity contribution in [1.82, 2.24) is 5.32 Å². The molecule has 21 heavy (non-hydrogen) atoms. The van der Waals surface area contributed by atoms with Gasteiger partial charge in [-0.1, -0.05) is 0 Å². The molecule has 0 spiro atoms. The van der Waals surface area contributed by atoms with Gasteiger partial charge in [0.2, 0.25) is 5.91 Å². The topological polar surface area (TPSA) is 64.3 Å². The number of nitrogens with two attached hydrogens (primary N) is 1. The molecule has 6 heteroatoms. The molecule has 0 bridgehead atoms. The van der Waals surface area contributed by atoms with E-state index >= 15 is 0 Å². The van der Waals surface area contributed by atoms with E-state index in [0.29, 0.717) is 13.2 Å². The third-order valence-electron chi connectivity index (χ3n) is 3.99. The molecule has 1 aliphatic rings. The second-order valence-electron chi connectivity index (χ2n) is 5.59. The Kier molecular flexibility index (Phi) is 4.58. The number of hydrogen-bond acceptors (Lipinski definition) is 3. The van der Waals surface area contributed by atoms with E-state index in [2.05, 4.69) is 5.32 Å². The zero-order valence-corrected chi connectivity index (χ0v) is 12.2. The average molecular weight is 298 g/mol. The quantitative estimate of drug-likeness (QED) is 0.870. The third kappa shape index (κ3) is 3.22. The predicted molar refractivity (Wildman–Crippen MR) is 74.6 cm³/mol. The Labute approximate surface area is 122 Å². The normalized spacial score (nSPS) is 21.2. The fraction of sp³-hybridized carbons (Fsp3) is 0.533. The lowest BCUT2D eigenvalue weighted by Gasteiger charge is -2.30. The average Bonchev–Trinajstić information content (AvgIpc) is 2.93. The Bertz CT molecular complexity index is 545. The van der Waals surface area contributed by atoms with Crippen LogP contribution in [0, 0.1) is 18.6 Å². The molecule has 1 amide bonds. The van der Waals surface area contributed by atoms with Crippen molar-refractivity contribution in [3.05, 3.63) is 34.9 Å². The summed E-state index contributed by atoms with van der Waals surface area (Å²) in [4.78, 5) is 11.8. The van der Waals surface area contributed by atoms with Gasteiger partial charge in [0.15, 0.2) is 0 Å². The number of primary amides is 1. The number of rotatable bonds is 5. The summed E-state index contributed by atoms with van der Waals surface area (Å²) in [7, 11) is 0. The van der Waals surface area contributed by atoms with Crippen LogP contribution in [0.25, 0.3) is 0 Å². The number of carbonyl (C=O) groups excluding carboxylic acids is 1. The highest BCUT2D eigenvalue weighted by Gasteiger charge is 2.37. The first-order chi connectivity index (χ1) is 9.84. The van der Waals surface area contributed by atoms with Crippen molar-refractivity contribution in [2.45, 2.75) is 38.3 Å². The second kappa shape index (κ2) is 6.07. The molecular formula is C15H20F2N2O2. The Morgan fingerprint density at radius 3 is 2.76 bits per heavy atom. The summed E-state index contributed by atoms with van der Waals surface area (Å²) in [5.41, 5.74) is 4.03. The van der Waals surface area contributed by atoms with Crippen molar-refractivity contribution in [1.29, 1.82) is 0 Å². The fourth-order valence-electron chi connectivity index (χ4n) is 2.47. The largest absolute Gasteiger partial charge is 0.377 e. The molecule has 1 aromatic carbocycles. The van der Waals surface area contributed by atoms with Crippen LogP contribution in [0.4, 0.5) is 8.78 Å². The van der Waals surface area contributed by atoms with E-state index in [1.807, 2.05) is 0 Å². The standard InChI is InChI=1S/C15H20F2N2O2/c1-9-6-13(17)11(7-12(9)16)15(2,14(18)20)19-8-10-4-3-5-21-10/h6-7,10,19H,3-5,8H2,1-2H3,(H2,18,20). The molecule has 4 nitrogen and oxygen atoms in total. The summed E-state index contributed by atoms with van der Waals surface area (Å²) in [6.45, 7) is 3.95. The number of ether oxygens (including phenoxy) is 1. The van der Waals surface area contributed by atoms with Crippen LogP contribution < -0.4 is 11.1 Å². The second-order valence-corrected chi connectivity index (χ2v) is 5.59. The van der Waals surface area contributed by atoms with Crippen LogP contribution in [-0.2, 0) is 15.1 Å². The van der Waals surface area contributed by atoms with E-state index < -0.39 is 23.1 Å². The van der Waals surface area contributed by atoms with Gasteiger partial charge in [-0.2, -0.15) is 0 Å². The summed E-state index contributed by atoms with van der Waals surface area (Å²) in [5, 5.41) is 2.94. The lowest BCUT2D eigenvalue weighted by atomic mass is 9.89. The summed E-state index contributed by atoms with van der Waals surface area (Å²) < 4.78 is 33.3. The van der Waals surface area contributed by atoms with Crippen molar-refractivity contribution >= 4 is 5.91 Å². The minimum absolute atomic E-state index is 0.0398. The predicted octanol–water partition coefficient (Wildman–Crippen LogP) is 1.74. The monoisotopic (exact) mass is 298 g/mol. The SMILES string of the molecule is Cc1cc(F)c(C(C)(NCC2CCCO2)C(N)=O)cc1F. The zero-order chi connectivity index (χ0) is 15.6. The number of nitrogens with one attached hydrogen (secondary N) is 1. The van der Waals surface area contributed by atoms with Crippen molar-refractivity contribution < 1.29 is 18.3 Å². The molecule has 0 radical (unpaired) electrons. The highest BCUT2D eigenvalue weighted by molar-refractivity contribution is 5.85. The first-order valence-corrected chi connectivity index (χ1v) is 6.97. The van der Waals surface area contributed by atoms with Gasteiger partial charge in [0.05, 0.1) is 6.10 Å². The first-order valence-electron chi connectivity index (χ1n) is 6.97. The fourth-order valence-corrected chi connectivity index (χ4v) is 2.47. The zero-order valence-electron chi connectivity index (χ0n) is 12.2. The van der Waals surface area contributed by atoms with Gasteiger partial charge in [-0.15, -0.1) is 0 Å². The number of carbonyl (C=O) groups is 1. The van der Waals surface area contributed by atoms with Gasteiger partial charge in [-0.3, -0.25) is 10.1 Å². The van der Waals surface area contributed by atoms with Crippen molar-refractivity contribution in [2.75, 3.05) is 13.2 Å². The van der Waals surface area contributed by atoms with Gasteiger partial charge in [0, 0.05) is 18.7 Å². The van der Waals surface area contributed by atoms with E-state index in [9.17, 15) is 13.6 Å². The van der Waals surface area contributed by atoms with Crippen LogP contribution in [0.15, 0.2) is 12.1 Å². The molecule has 2 unspecified atom stereocenters. The molecule has 1 fully saturated rings. The molecule has 116 valence electrons. The number of benzene rings is 1. The van der Waals surface area contributed by atoms with Crippen LogP contribution in [0.1, 0.15) is 30.9 Å². The molecule has 2 atom stereocenters. The molecule has 0 aliphatic carbocycles. The van der Waals surface area contributed by atoms with Crippen LogP contribution in [0.3, 0.4) is 0 Å². The maximum absolute atomic E-state index is 14.1. The maximum atomic E-state index is 14.1. The van der Waals surface area contributed by atoms with Gasteiger partial charge < -0.3 is 10.5 Å². The smallest absolute Gasteiger partial charge is 0.242 e. The summed E-state index contributed by atoms with van der Waals surface area (Å²) in [6, 6.07) is 2.09. The molecule has 1 heterocycles. The number of aryl methyl sites for hydroxylation is 1. The van der Waals surface area contributed by atoms with Gasteiger partial charge in [-0.25, -0.2) is 8.78 Å².